The van der Waals surface area contributed by atoms with Gasteiger partial charge in [-0.25, -0.2) is 9.59 Å². The van der Waals surface area contributed by atoms with E-state index >= 15 is 0 Å². The maximum atomic E-state index is 11.4. The first-order chi connectivity index (χ1) is 8.57. The van der Waals surface area contributed by atoms with Crippen molar-refractivity contribution >= 4 is 11.9 Å². The average molecular weight is 256 g/mol. The lowest BCUT2D eigenvalue weighted by Gasteiger charge is -2.13. The highest BCUT2D eigenvalue weighted by molar-refractivity contribution is 5.91. The molecular weight excluding hydrogens is 232 g/mol. The van der Waals surface area contributed by atoms with Crippen molar-refractivity contribution in [1.82, 2.24) is 0 Å². The fourth-order valence-corrected chi connectivity index (χ4v) is 1.45. The highest BCUT2D eigenvalue weighted by atomic mass is 16.5. The smallest absolute Gasteiger partial charge is 0.331 e. The van der Waals surface area contributed by atoms with E-state index in [1.807, 2.05) is 27.7 Å². The van der Waals surface area contributed by atoms with E-state index in [1.54, 1.807) is 0 Å². The number of ether oxygens (including phenoxy) is 2. The number of carbonyl (C=O) groups excluding carboxylic acids is 2. The van der Waals surface area contributed by atoms with Crippen molar-refractivity contribution in [3.05, 3.63) is 12.2 Å². The zero-order valence-corrected chi connectivity index (χ0v) is 11.8. The van der Waals surface area contributed by atoms with Gasteiger partial charge in [0.1, 0.15) is 12.2 Å². The van der Waals surface area contributed by atoms with Crippen molar-refractivity contribution in [2.45, 2.75) is 65.6 Å². The predicted molar refractivity (Wildman–Crippen MR) is 70.1 cm³/mol. The van der Waals surface area contributed by atoms with Crippen LogP contribution in [0.25, 0.3) is 0 Å². The quantitative estimate of drug-likeness (QED) is 0.495. The maximum Gasteiger partial charge on any atom is 0.331 e. The number of hydrogen-bond acceptors (Lipinski definition) is 4. The average Bonchev–Trinajstić information content (AvgIpc) is 2.39. The van der Waals surface area contributed by atoms with Gasteiger partial charge >= 0.3 is 11.9 Å². The fraction of sp³-hybridized carbons (Fsp3) is 0.714. The van der Waals surface area contributed by atoms with Gasteiger partial charge in [0.2, 0.25) is 0 Å². The summed E-state index contributed by atoms with van der Waals surface area (Å²) in [7, 11) is 0. The third-order valence-corrected chi connectivity index (χ3v) is 2.74. The Labute approximate surface area is 109 Å². The third-order valence-electron chi connectivity index (χ3n) is 2.74. The van der Waals surface area contributed by atoms with Crippen LogP contribution in [0.15, 0.2) is 12.2 Å². The molecule has 0 saturated carbocycles. The van der Waals surface area contributed by atoms with Gasteiger partial charge in [0.25, 0.3) is 0 Å². The van der Waals surface area contributed by atoms with Crippen molar-refractivity contribution in [3.8, 4) is 0 Å². The highest BCUT2D eigenvalue weighted by Crippen LogP contribution is 2.05. The second-order valence-corrected chi connectivity index (χ2v) is 4.08. The van der Waals surface area contributed by atoms with Crippen LogP contribution in [0.4, 0.5) is 0 Å². The second-order valence-electron chi connectivity index (χ2n) is 4.08. The summed E-state index contributed by atoms with van der Waals surface area (Å²) in [5, 5.41) is 0. The van der Waals surface area contributed by atoms with Gasteiger partial charge in [-0.3, -0.25) is 0 Å². The first-order valence-electron chi connectivity index (χ1n) is 6.66. The van der Waals surface area contributed by atoms with Crippen LogP contribution in [-0.2, 0) is 19.1 Å². The molecule has 0 bridgehead atoms. The van der Waals surface area contributed by atoms with Gasteiger partial charge in [-0.05, 0) is 25.7 Å². The van der Waals surface area contributed by atoms with E-state index in [2.05, 4.69) is 0 Å². The third kappa shape index (κ3) is 7.09. The SMILES string of the molecule is CCC(CC)OC(=O)/C=C/C(=O)OC(CC)CC. The Morgan fingerprint density at radius 1 is 0.778 bits per heavy atom. The molecule has 0 fully saturated rings. The van der Waals surface area contributed by atoms with E-state index in [4.69, 9.17) is 9.47 Å². The number of carbonyl (C=O) groups is 2. The maximum absolute atomic E-state index is 11.4. The van der Waals surface area contributed by atoms with E-state index < -0.39 is 11.9 Å². The summed E-state index contributed by atoms with van der Waals surface area (Å²) in [5.74, 6) is -0.990. The second kappa shape index (κ2) is 9.68. The van der Waals surface area contributed by atoms with Crippen LogP contribution in [0, 0.1) is 0 Å². The number of rotatable bonds is 8. The lowest BCUT2D eigenvalue weighted by Crippen LogP contribution is -2.16. The van der Waals surface area contributed by atoms with Crippen molar-refractivity contribution in [3.63, 3.8) is 0 Å². The summed E-state index contributed by atoms with van der Waals surface area (Å²) in [6.45, 7) is 7.80. The molecule has 0 spiro atoms. The molecule has 4 nitrogen and oxygen atoms in total. The molecule has 0 amide bonds. The zero-order valence-electron chi connectivity index (χ0n) is 11.8. The molecule has 0 rings (SSSR count). The summed E-state index contributed by atoms with van der Waals surface area (Å²) in [5.41, 5.74) is 0. The minimum absolute atomic E-state index is 0.0859. The highest BCUT2D eigenvalue weighted by Gasteiger charge is 2.10. The Morgan fingerprint density at radius 2 is 1.06 bits per heavy atom. The van der Waals surface area contributed by atoms with Gasteiger partial charge in [-0.15, -0.1) is 0 Å². The molecule has 0 heterocycles. The molecule has 0 aromatic rings. The Hall–Kier alpha value is -1.32. The number of hydrogen-bond donors (Lipinski definition) is 0. The molecule has 0 radical (unpaired) electrons. The van der Waals surface area contributed by atoms with Gasteiger partial charge in [0.05, 0.1) is 0 Å². The number of esters is 2. The topological polar surface area (TPSA) is 52.6 Å². The predicted octanol–water partition coefficient (Wildman–Crippen LogP) is 3.01. The zero-order chi connectivity index (χ0) is 14.0. The normalized spacial score (nSPS) is 11.2. The van der Waals surface area contributed by atoms with Crippen LogP contribution in [0.5, 0.6) is 0 Å². The molecular formula is C14H24O4. The summed E-state index contributed by atoms with van der Waals surface area (Å²) < 4.78 is 10.2. The fourth-order valence-electron chi connectivity index (χ4n) is 1.45. The molecule has 0 aliphatic rings. The van der Waals surface area contributed by atoms with Crippen molar-refractivity contribution in [2.75, 3.05) is 0 Å². The van der Waals surface area contributed by atoms with Crippen LogP contribution in [0.1, 0.15) is 53.4 Å². The van der Waals surface area contributed by atoms with Crippen molar-refractivity contribution in [2.24, 2.45) is 0 Å². The Kier molecular flexibility index (Phi) is 8.97. The minimum Gasteiger partial charge on any atom is -0.459 e. The van der Waals surface area contributed by atoms with Crippen molar-refractivity contribution in [1.29, 1.82) is 0 Å². The molecule has 0 unspecified atom stereocenters. The Bertz CT molecular complexity index is 248. The molecule has 104 valence electrons. The van der Waals surface area contributed by atoms with Crippen LogP contribution in [0.2, 0.25) is 0 Å². The van der Waals surface area contributed by atoms with Gasteiger partial charge in [0, 0.05) is 12.2 Å². The Morgan fingerprint density at radius 3 is 1.28 bits per heavy atom. The first-order valence-corrected chi connectivity index (χ1v) is 6.66. The van der Waals surface area contributed by atoms with Gasteiger partial charge < -0.3 is 9.47 Å². The van der Waals surface area contributed by atoms with E-state index in [-0.39, 0.29) is 12.2 Å². The molecule has 18 heavy (non-hydrogen) atoms. The van der Waals surface area contributed by atoms with Gasteiger partial charge in [-0.2, -0.15) is 0 Å². The molecule has 0 aromatic carbocycles. The van der Waals surface area contributed by atoms with Crippen LogP contribution in [0.3, 0.4) is 0 Å². The molecule has 4 heteroatoms. The lowest BCUT2D eigenvalue weighted by molar-refractivity contribution is -0.146. The van der Waals surface area contributed by atoms with Crippen LogP contribution < -0.4 is 0 Å². The molecule has 0 N–H and O–H groups in total. The summed E-state index contributed by atoms with van der Waals surface area (Å²) in [4.78, 5) is 22.8. The molecule has 0 aromatic heterocycles. The standard InChI is InChI=1S/C14H24O4/c1-5-11(6-2)17-13(15)9-10-14(16)18-12(7-3)8-4/h9-12H,5-8H2,1-4H3/b10-9+. The molecule has 0 aliphatic carbocycles. The molecule has 0 aliphatic heterocycles. The van der Waals surface area contributed by atoms with E-state index in [0.717, 1.165) is 37.8 Å². The van der Waals surface area contributed by atoms with E-state index in [0.29, 0.717) is 0 Å². The summed E-state index contributed by atoms with van der Waals surface area (Å²) in [6, 6.07) is 0. The van der Waals surface area contributed by atoms with Gasteiger partial charge in [0.15, 0.2) is 0 Å². The summed E-state index contributed by atoms with van der Waals surface area (Å²) >= 11 is 0. The molecule has 0 saturated heterocycles. The minimum atomic E-state index is -0.495. The monoisotopic (exact) mass is 256 g/mol. The Balaban J connectivity index is 4.13. The van der Waals surface area contributed by atoms with Gasteiger partial charge in [-0.1, -0.05) is 27.7 Å². The summed E-state index contributed by atoms with van der Waals surface area (Å²) in [6.07, 6.45) is 5.17. The lowest BCUT2D eigenvalue weighted by atomic mass is 10.2. The van der Waals surface area contributed by atoms with Crippen molar-refractivity contribution < 1.29 is 19.1 Å². The molecule has 0 atom stereocenters. The van der Waals surface area contributed by atoms with E-state index in [1.165, 1.54) is 0 Å². The van der Waals surface area contributed by atoms with E-state index in [9.17, 15) is 9.59 Å². The van der Waals surface area contributed by atoms with Crippen LogP contribution >= 0.6 is 0 Å². The largest absolute Gasteiger partial charge is 0.459 e. The first kappa shape index (κ1) is 16.7. The van der Waals surface area contributed by atoms with Crippen LogP contribution in [-0.4, -0.2) is 24.1 Å².